The maximum absolute atomic E-state index is 13.4. The summed E-state index contributed by atoms with van der Waals surface area (Å²) in [4.78, 5) is 39.4. The van der Waals surface area contributed by atoms with Gasteiger partial charge < -0.3 is 4.90 Å². The molecule has 2 amide bonds. The molecule has 1 unspecified atom stereocenters. The smallest absolute Gasteiger partial charge is 0.256 e. The van der Waals surface area contributed by atoms with Crippen molar-refractivity contribution in [1.82, 2.24) is 14.8 Å². The summed E-state index contributed by atoms with van der Waals surface area (Å²) in [5.74, 6) is 1.78. The molecule has 7 rings (SSSR count). The highest BCUT2D eigenvalue weighted by Crippen LogP contribution is 2.46. The van der Waals surface area contributed by atoms with E-state index in [1.165, 1.54) is 0 Å². The Balaban J connectivity index is 1.12. The van der Waals surface area contributed by atoms with Crippen molar-refractivity contribution < 1.29 is 9.59 Å². The van der Waals surface area contributed by atoms with E-state index in [-0.39, 0.29) is 11.8 Å². The first-order chi connectivity index (χ1) is 17.5. The number of amides is 2. The van der Waals surface area contributed by atoms with Crippen LogP contribution < -0.4 is 0 Å². The Morgan fingerprint density at radius 3 is 2.53 bits per heavy atom. The Bertz CT molecular complexity index is 1420. The minimum atomic E-state index is -0.538. The third-order valence-electron chi connectivity index (χ3n) is 8.03. The molecule has 1 aromatic heterocycles. The van der Waals surface area contributed by atoms with Crippen molar-refractivity contribution in [1.29, 1.82) is 0 Å². The summed E-state index contributed by atoms with van der Waals surface area (Å²) in [6.07, 6.45) is 6.58. The molecular weight excluding hydrogens is 516 g/mol. The zero-order chi connectivity index (χ0) is 24.4. The van der Waals surface area contributed by atoms with Crippen molar-refractivity contribution >= 4 is 44.4 Å². The van der Waals surface area contributed by atoms with E-state index in [9.17, 15) is 9.59 Å². The topological polar surface area (TPSA) is 65.9 Å². The van der Waals surface area contributed by atoms with E-state index in [1.807, 2.05) is 22.1 Å². The average molecular weight is 543 g/mol. The number of fused-ring (bicyclic) bond motifs is 1. The number of hydrogen-bond donors (Lipinski definition) is 0. The lowest BCUT2D eigenvalue weighted by Crippen LogP contribution is -2.40. The number of amidine groups is 1. The molecule has 1 atom stereocenters. The molecule has 0 bridgehead atoms. The zero-order valence-corrected chi connectivity index (χ0v) is 21.6. The number of carbonyl (C=O) groups is 2. The summed E-state index contributed by atoms with van der Waals surface area (Å²) in [6, 6.07) is 16.5. The fourth-order valence-corrected chi connectivity index (χ4v) is 5.96. The van der Waals surface area contributed by atoms with Gasteiger partial charge in [-0.15, -0.1) is 0 Å². The van der Waals surface area contributed by atoms with Crippen LogP contribution in [0.3, 0.4) is 0 Å². The predicted octanol–water partition coefficient (Wildman–Crippen LogP) is 5.04. The van der Waals surface area contributed by atoms with E-state index >= 15 is 0 Å². The molecule has 36 heavy (non-hydrogen) atoms. The Labute approximate surface area is 218 Å². The summed E-state index contributed by atoms with van der Waals surface area (Å²) < 4.78 is 1.04. The van der Waals surface area contributed by atoms with Crippen molar-refractivity contribution in [2.75, 3.05) is 19.6 Å². The van der Waals surface area contributed by atoms with E-state index in [4.69, 9.17) is 4.99 Å². The molecule has 0 N–H and O–H groups in total. The number of halogens is 1. The van der Waals surface area contributed by atoms with Gasteiger partial charge in [0.05, 0.1) is 5.69 Å². The van der Waals surface area contributed by atoms with Crippen LogP contribution in [0.15, 0.2) is 64.2 Å². The fraction of sp³-hybridized carbons (Fsp3) is 0.379. The Morgan fingerprint density at radius 2 is 1.78 bits per heavy atom. The lowest BCUT2D eigenvalue weighted by Gasteiger charge is -2.23. The standard InChI is InChI=1S/C29H27BrN4O2/c30-24-8-7-22-15-31-25(14-23(22)13-24)19-1-3-20(4-2-19)26-32-29(10-11-29)28(36)34(26)17-18-9-12-33(16-18)27(35)21-5-6-21/h1-4,7-8,13-15,18,21H,5-6,9-12,16-17H2. The molecule has 182 valence electrons. The molecule has 4 aliphatic rings. The lowest BCUT2D eigenvalue weighted by atomic mass is 10.0. The highest BCUT2D eigenvalue weighted by Gasteiger charge is 2.57. The maximum Gasteiger partial charge on any atom is 0.256 e. The van der Waals surface area contributed by atoms with Crippen LogP contribution in [0, 0.1) is 11.8 Å². The minimum Gasteiger partial charge on any atom is -0.342 e. The van der Waals surface area contributed by atoms with Gasteiger partial charge in [-0.3, -0.25) is 24.5 Å². The molecule has 1 spiro atoms. The van der Waals surface area contributed by atoms with E-state index in [2.05, 4.69) is 63.4 Å². The van der Waals surface area contributed by atoms with Gasteiger partial charge in [-0.2, -0.15) is 0 Å². The van der Waals surface area contributed by atoms with Gasteiger partial charge >= 0.3 is 0 Å². The summed E-state index contributed by atoms with van der Waals surface area (Å²) >= 11 is 3.55. The Hall–Kier alpha value is -3.06. The first kappa shape index (κ1) is 22.2. The maximum atomic E-state index is 13.4. The van der Waals surface area contributed by atoms with Gasteiger partial charge in [0.25, 0.3) is 5.91 Å². The number of nitrogens with zero attached hydrogens (tertiary/aromatic N) is 4. The molecule has 3 heterocycles. The SMILES string of the molecule is O=C(C1CC1)N1CCC(CN2C(=O)C3(CC3)N=C2c2ccc(-c3cc4cc(Br)ccc4cn3)cc2)C1. The second kappa shape index (κ2) is 8.23. The highest BCUT2D eigenvalue weighted by atomic mass is 79.9. The third kappa shape index (κ3) is 3.84. The van der Waals surface area contributed by atoms with Gasteiger partial charge in [-0.1, -0.05) is 46.3 Å². The van der Waals surface area contributed by atoms with Crippen LogP contribution in [0.2, 0.25) is 0 Å². The molecule has 2 aromatic carbocycles. The number of carbonyl (C=O) groups excluding carboxylic acids is 2. The monoisotopic (exact) mass is 542 g/mol. The molecule has 2 saturated carbocycles. The van der Waals surface area contributed by atoms with Gasteiger partial charge in [0.1, 0.15) is 11.4 Å². The van der Waals surface area contributed by atoms with Crippen molar-refractivity contribution in [3.05, 3.63) is 64.8 Å². The minimum absolute atomic E-state index is 0.135. The number of likely N-dealkylation sites (tertiary alicyclic amines) is 1. The summed E-state index contributed by atoms with van der Waals surface area (Å²) in [7, 11) is 0. The normalized spacial score (nSPS) is 22.5. The molecule has 6 nitrogen and oxygen atoms in total. The third-order valence-corrected chi connectivity index (χ3v) is 8.52. The molecule has 2 aliphatic heterocycles. The molecule has 1 saturated heterocycles. The van der Waals surface area contributed by atoms with Crippen LogP contribution >= 0.6 is 15.9 Å². The first-order valence-electron chi connectivity index (χ1n) is 12.9. The number of hydrogen-bond acceptors (Lipinski definition) is 4. The zero-order valence-electron chi connectivity index (χ0n) is 20.0. The van der Waals surface area contributed by atoms with Gasteiger partial charge in [0.15, 0.2) is 0 Å². The van der Waals surface area contributed by atoms with Gasteiger partial charge in [-0.05, 0) is 61.6 Å². The molecule has 3 aromatic rings. The lowest BCUT2D eigenvalue weighted by molar-refractivity contribution is -0.131. The average Bonchev–Trinajstić information content (AvgIpc) is 3.82. The van der Waals surface area contributed by atoms with Gasteiger partial charge in [0, 0.05) is 52.7 Å². The van der Waals surface area contributed by atoms with Crippen LogP contribution in [0.25, 0.3) is 22.0 Å². The summed E-state index contributed by atoms with van der Waals surface area (Å²) in [5.41, 5.74) is 2.37. The van der Waals surface area contributed by atoms with Gasteiger partial charge in [0.2, 0.25) is 5.91 Å². The number of pyridine rings is 1. The molecule has 2 aliphatic carbocycles. The van der Waals surface area contributed by atoms with Crippen molar-refractivity contribution in [2.24, 2.45) is 16.8 Å². The van der Waals surface area contributed by atoms with Crippen LogP contribution in [-0.4, -0.2) is 57.6 Å². The molecular formula is C29H27BrN4O2. The van der Waals surface area contributed by atoms with Crippen molar-refractivity contribution in [3.8, 4) is 11.3 Å². The quantitative estimate of drug-likeness (QED) is 0.453. The molecule has 7 heteroatoms. The number of benzene rings is 2. The van der Waals surface area contributed by atoms with E-state index in [0.717, 1.165) is 83.1 Å². The number of aromatic nitrogens is 1. The van der Waals surface area contributed by atoms with Crippen molar-refractivity contribution in [3.63, 3.8) is 0 Å². The van der Waals surface area contributed by atoms with E-state index in [1.54, 1.807) is 0 Å². The van der Waals surface area contributed by atoms with Gasteiger partial charge in [-0.25, -0.2) is 0 Å². The summed E-state index contributed by atoms with van der Waals surface area (Å²) in [6.45, 7) is 2.20. The van der Waals surface area contributed by atoms with E-state index < -0.39 is 5.54 Å². The number of rotatable bonds is 5. The van der Waals surface area contributed by atoms with Crippen LogP contribution in [0.4, 0.5) is 0 Å². The number of aliphatic imine (C=N–C) groups is 1. The second-order valence-corrected chi connectivity index (χ2v) is 11.7. The van der Waals surface area contributed by atoms with Crippen molar-refractivity contribution in [2.45, 2.75) is 37.6 Å². The van der Waals surface area contributed by atoms with Crippen LogP contribution in [0.1, 0.15) is 37.7 Å². The molecule has 0 radical (unpaired) electrons. The predicted molar refractivity (Wildman–Crippen MR) is 143 cm³/mol. The van der Waals surface area contributed by atoms with E-state index in [0.29, 0.717) is 18.4 Å². The second-order valence-electron chi connectivity index (χ2n) is 10.7. The summed E-state index contributed by atoms with van der Waals surface area (Å²) in [5, 5.41) is 2.24. The Kier molecular flexibility index (Phi) is 5.07. The first-order valence-corrected chi connectivity index (χ1v) is 13.7. The van der Waals surface area contributed by atoms with Crippen LogP contribution in [0.5, 0.6) is 0 Å². The molecule has 3 fully saturated rings. The van der Waals surface area contributed by atoms with Crippen LogP contribution in [-0.2, 0) is 9.59 Å². The fourth-order valence-electron chi connectivity index (χ4n) is 5.58. The highest BCUT2D eigenvalue weighted by molar-refractivity contribution is 9.10. The Morgan fingerprint density at radius 1 is 1.00 bits per heavy atom. The largest absolute Gasteiger partial charge is 0.342 e.